The van der Waals surface area contributed by atoms with Crippen molar-refractivity contribution in [2.45, 2.75) is 12.6 Å². The molecule has 0 aromatic heterocycles. The van der Waals surface area contributed by atoms with Crippen molar-refractivity contribution in [2.24, 2.45) is 5.73 Å². The molecule has 28 heavy (non-hydrogen) atoms. The molecule has 0 aliphatic carbocycles. The Hall–Kier alpha value is -3.13. The normalized spacial score (nSPS) is 19.1. The highest BCUT2D eigenvalue weighted by Gasteiger charge is 2.36. The molecule has 2 fully saturated rings. The SMILES string of the molecule is NCc1ccc(-c2ccc(N3C[C@H](CN4CCOC4=O)OC3=O)cc2F)cc1. The average Bonchev–Trinajstić information content (AvgIpc) is 3.27. The second-order valence-corrected chi connectivity index (χ2v) is 6.74. The first-order chi connectivity index (χ1) is 13.5. The summed E-state index contributed by atoms with van der Waals surface area (Å²) in [7, 11) is 0. The van der Waals surface area contributed by atoms with Gasteiger partial charge >= 0.3 is 12.2 Å². The molecule has 2 aromatic rings. The zero-order valence-electron chi connectivity index (χ0n) is 15.1. The van der Waals surface area contributed by atoms with E-state index in [4.69, 9.17) is 15.2 Å². The van der Waals surface area contributed by atoms with Crippen molar-refractivity contribution in [3.05, 3.63) is 53.8 Å². The largest absolute Gasteiger partial charge is 0.448 e. The molecule has 2 saturated heterocycles. The number of amides is 2. The Morgan fingerprint density at radius 1 is 1.11 bits per heavy atom. The maximum absolute atomic E-state index is 14.7. The van der Waals surface area contributed by atoms with Gasteiger partial charge in [0.05, 0.1) is 25.3 Å². The van der Waals surface area contributed by atoms with E-state index in [2.05, 4.69) is 0 Å². The number of carbonyl (C=O) groups is 2. The fourth-order valence-corrected chi connectivity index (χ4v) is 3.39. The zero-order valence-corrected chi connectivity index (χ0v) is 15.1. The lowest BCUT2D eigenvalue weighted by molar-refractivity contribution is 0.113. The number of ether oxygens (including phenoxy) is 2. The van der Waals surface area contributed by atoms with Gasteiger partial charge in [-0.2, -0.15) is 0 Å². The molecule has 4 rings (SSSR count). The minimum Gasteiger partial charge on any atom is -0.448 e. The molecule has 2 aliphatic rings. The van der Waals surface area contributed by atoms with Crippen LogP contribution in [0.1, 0.15) is 5.56 Å². The second-order valence-electron chi connectivity index (χ2n) is 6.74. The highest BCUT2D eigenvalue weighted by Crippen LogP contribution is 2.29. The Morgan fingerprint density at radius 2 is 1.89 bits per heavy atom. The third-order valence-electron chi connectivity index (χ3n) is 4.91. The number of anilines is 1. The molecule has 2 amide bonds. The summed E-state index contributed by atoms with van der Waals surface area (Å²) in [6.45, 7) is 1.73. The van der Waals surface area contributed by atoms with Crippen LogP contribution in [-0.4, -0.2) is 49.4 Å². The zero-order chi connectivity index (χ0) is 19.7. The van der Waals surface area contributed by atoms with Crippen LogP contribution in [0.15, 0.2) is 42.5 Å². The smallest absolute Gasteiger partial charge is 0.414 e. The van der Waals surface area contributed by atoms with Gasteiger partial charge in [0.25, 0.3) is 0 Å². The van der Waals surface area contributed by atoms with E-state index in [0.717, 1.165) is 11.1 Å². The van der Waals surface area contributed by atoms with Crippen molar-refractivity contribution in [2.75, 3.05) is 31.1 Å². The predicted octanol–water partition coefficient (Wildman–Crippen LogP) is 2.73. The summed E-state index contributed by atoms with van der Waals surface area (Å²) in [6.07, 6.45) is -1.45. The maximum Gasteiger partial charge on any atom is 0.414 e. The highest BCUT2D eigenvalue weighted by molar-refractivity contribution is 5.90. The topological polar surface area (TPSA) is 85.1 Å². The standard InChI is InChI=1S/C20H20FN3O4/c21-18-9-15(5-6-17(18)14-3-1-13(10-22)2-4-14)24-12-16(28-20(24)26)11-23-7-8-27-19(23)25/h1-6,9,16H,7-8,10-12,22H2/t16-/m0/s1. The van der Waals surface area contributed by atoms with Gasteiger partial charge in [-0.15, -0.1) is 0 Å². The monoisotopic (exact) mass is 385 g/mol. The quantitative estimate of drug-likeness (QED) is 0.855. The molecule has 0 radical (unpaired) electrons. The number of hydrogen-bond donors (Lipinski definition) is 1. The van der Waals surface area contributed by atoms with Gasteiger partial charge < -0.3 is 20.1 Å². The molecule has 2 N–H and O–H groups in total. The second kappa shape index (κ2) is 7.47. The fourth-order valence-electron chi connectivity index (χ4n) is 3.39. The molecule has 146 valence electrons. The summed E-state index contributed by atoms with van der Waals surface area (Å²) in [5.74, 6) is -0.433. The van der Waals surface area contributed by atoms with E-state index in [1.54, 1.807) is 12.1 Å². The van der Waals surface area contributed by atoms with Crippen LogP contribution in [0.25, 0.3) is 11.1 Å². The van der Waals surface area contributed by atoms with E-state index < -0.39 is 24.1 Å². The summed E-state index contributed by atoms with van der Waals surface area (Å²) in [5.41, 5.74) is 8.14. The third-order valence-corrected chi connectivity index (χ3v) is 4.91. The number of nitrogens with zero attached hydrogens (tertiary/aromatic N) is 2. The van der Waals surface area contributed by atoms with E-state index in [1.165, 1.54) is 15.9 Å². The highest BCUT2D eigenvalue weighted by atomic mass is 19.1. The summed E-state index contributed by atoms with van der Waals surface area (Å²) in [5, 5.41) is 0. The predicted molar refractivity (Wildman–Crippen MR) is 100 cm³/mol. The van der Waals surface area contributed by atoms with E-state index >= 15 is 0 Å². The van der Waals surface area contributed by atoms with Crippen LogP contribution in [0.4, 0.5) is 19.7 Å². The molecule has 0 spiro atoms. The number of rotatable bonds is 5. The van der Waals surface area contributed by atoms with Crippen molar-refractivity contribution < 1.29 is 23.5 Å². The Bertz CT molecular complexity index is 903. The Morgan fingerprint density at radius 3 is 2.54 bits per heavy atom. The van der Waals surface area contributed by atoms with Crippen LogP contribution in [0.2, 0.25) is 0 Å². The fraction of sp³-hybridized carbons (Fsp3) is 0.300. The minimum absolute atomic E-state index is 0.243. The van der Waals surface area contributed by atoms with Gasteiger partial charge in [-0.3, -0.25) is 4.90 Å². The van der Waals surface area contributed by atoms with Crippen LogP contribution in [0, 0.1) is 5.82 Å². The molecule has 2 heterocycles. The number of benzene rings is 2. The van der Waals surface area contributed by atoms with Crippen molar-refractivity contribution in [3.63, 3.8) is 0 Å². The molecule has 8 heteroatoms. The van der Waals surface area contributed by atoms with E-state index in [1.807, 2.05) is 24.3 Å². The molecule has 2 aliphatic heterocycles. The van der Waals surface area contributed by atoms with Crippen molar-refractivity contribution >= 4 is 17.9 Å². The van der Waals surface area contributed by atoms with E-state index in [0.29, 0.717) is 30.9 Å². The van der Waals surface area contributed by atoms with Gasteiger partial charge in [0.15, 0.2) is 0 Å². The molecule has 0 unspecified atom stereocenters. The molecular weight excluding hydrogens is 365 g/mol. The number of carbonyl (C=O) groups excluding carboxylic acids is 2. The summed E-state index contributed by atoms with van der Waals surface area (Å²) < 4.78 is 24.9. The lowest BCUT2D eigenvalue weighted by Crippen LogP contribution is -2.35. The van der Waals surface area contributed by atoms with Crippen LogP contribution in [0.3, 0.4) is 0 Å². The first-order valence-electron chi connectivity index (χ1n) is 9.04. The Balaban J connectivity index is 1.49. The third kappa shape index (κ3) is 3.50. The summed E-state index contributed by atoms with van der Waals surface area (Å²) >= 11 is 0. The van der Waals surface area contributed by atoms with Crippen LogP contribution in [-0.2, 0) is 16.0 Å². The average molecular weight is 385 g/mol. The van der Waals surface area contributed by atoms with Crippen molar-refractivity contribution in [1.29, 1.82) is 0 Å². The van der Waals surface area contributed by atoms with Gasteiger partial charge in [0.2, 0.25) is 0 Å². The summed E-state index contributed by atoms with van der Waals surface area (Å²) in [4.78, 5) is 26.6. The maximum atomic E-state index is 14.7. The Kier molecular flexibility index (Phi) is 4.87. The summed E-state index contributed by atoms with van der Waals surface area (Å²) in [6, 6.07) is 12.0. The van der Waals surface area contributed by atoms with E-state index in [9.17, 15) is 14.0 Å². The van der Waals surface area contributed by atoms with Gasteiger partial charge in [-0.05, 0) is 29.3 Å². The molecule has 0 saturated carbocycles. The number of nitrogens with two attached hydrogens (primary N) is 1. The van der Waals surface area contributed by atoms with E-state index in [-0.39, 0.29) is 13.1 Å². The number of hydrogen-bond acceptors (Lipinski definition) is 5. The molecular formula is C20H20FN3O4. The molecule has 2 aromatic carbocycles. The van der Waals surface area contributed by atoms with Crippen molar-refractivity contribution in [1.82, 2.24) is 4.90 Å². The lowest BCUT2D eigenvalue weighted by atomic mass is 10.0. The molecule has 0 bridgehead atoms. The van der Waals surface area contributed by atoms with Crippen LogP contribution < -0.4 is 10.6 Å². The lowest BCUT2D eigenvalue weighted by Gasteiger charge is -2.17. The van der Waals surface area contributed by atoms with Gasteiger partial charge in [-0.25, -0.2) is 14.0 Å². The first-order valence-corrected chi connectivity index (χ1v) is 9.04. The van der Waals surface area contributed by atoms with Crippen molar-refractivity contribution in [3.8, 4) is 11.1 Å². The van der Waals surface area contributed by atoms with Gasteiger partial charge in [0.1, 0.15) is 18.5 Å². The molecule has 1 atom stereocenters. The van der Waals surface area contributed by atoms with Crippen LogP contribution in [0.5, 0.6) is 0 Å². The number of halogens is 1. The van der Waals surface area contributed by atoms with Gasteiger partial charge in [-0.1, -0.05) is 24.3 Å². The van der Waals surface area contributed by atoms with Gasteiger partial charge in [0, 0.05) is 12.1 Å². The minimum atomic E-state index is -0.558. The Labute approximate surface area is 161 Å². The number of cyclic esters (lactones) is 2. The first kappa shape index (κ1) is 18.2. The van der Waals surface area contributed by atoms with Crippen LogP contribution >= 0.6 is 0 Å². The molecule has 7 nitrogen and oxygen atoms in total.